The Balaban J connectivity index is 1.93. The highest BCUT2D eigenvalue weighted by Crippen LogP contribution is 2.08. The Morgan fingerprint density at radius 2 is 1.95 bits per heavy atom. The maximum absolute atomic E-state index is 12.3. The first-order valence-corrected chi connectivity index (χ1v) is 7.11. The molecular formula is C14H23N5O. The van der Waals surface area contributed by atoms with Crippen LogP contribution in [-0.4, -0.2) is 65.7 Å². The van der Waals surface area contributed by atoms with Crippen molar-refractivity contribution in [2.24, 2.45) is 5.92 Å². The van der Waals surface area contributed by atoms with Gasteiger partial charge < -0.3 is 15.1 Å². The van der Waals surface area contributed by atoms with Crippen molar-refractivity contribution in [2.75, 3.05) is 45.1 Å². The Kier molecular flexibility index (Phi) is 4.89. The first-order valence-electron chi connectivity index (χ1n) is 7.11. The number of piperazine rings is 1. The van der Waals surface area contributed by atoms with Gasteiger partial charge in [-0.2, -0.15) is 0 Å². The molecule has 2 rings (SSSR count). The zero-order chi connectivity index (χ0) is 14.5. The van der Waals surface area contributed by atoms with Crippen molar-refractivity contribution < 1.29 is 4.79 Å². The van der Waals surface area contributed by atoms with Crippen molar-refractivity contribution in [3.63, 3.8) is 0 Å². The molecule has 0 spiro atoms. The molecule has 0 atom stereocenters. The van der Waals surface area contributed by atoms with Gasteiger partial charge in [-0.05, 0) is 25.1 Å². The van der Waals surface area contributed by atoms with E-state index in [1.807, 2.05) is 11.0 Å². The van der Waals surface area contributed by atoms with Gasteiger partial charge in [-0.15, -0.1) is 10.2 Å². The molecule has 1 amide bonds. The van der Waals surface area contributed by atoms with Crippen LogP contribution in [0.15, 0.2) is 12.1 Å². The van der Waals surface area contributed by atoms with E-state index in [4.69, 9.17) is 0 Å². The molecule has 20 heavy (non-hydrogen) atoms. The van der Waals surface area contributed by atoms with Gasteiger partial charge in [0.2, 0.25) is 0 Å². The first-order chi connectivity index (χ1) is 9.56. The van der Waals surface area contributed by atoms with Gasteiger partial charge in [0, 0.05) is 32.7 Å². The van der Waals surface area contributed by atoms with Crippen LogP contribution in [0.1, 0.15) is 24.3 Å². The Hall–Kier alpha value is -1.69. The van der Waals surface area contributed by atoms with Gasteiger partial charge in [0.15, 0.2) is 5.69 Å². The highest BCUT2D eigenvalue weighted by atomic mass is 16.2. The van der Waals surface area contributed by atoms with Gasteiger partial charge in [-0.1, -0.05) is 13.8 Å². The summed E-state index contributed by atoms with van der Waals surface area (Å²) in [5.41, 5.74) is 0.421. The lowest BCUT2D eigenvalue weighted by Gasteiger charge is -2.32. The Morgan fingerprint density at radius 3 is 2.50 bits per heavy atom. The number of nitrogens with zero attached hydrogens (tertiary/aromatic N) is 4. The lowest BCUT2D eigenvalue weighted by Crippen LogP contribution is -2.47. The van der Waals surface area contributed by atoms with E-state index in [1.165, 1.54) is 0 Å². The molecule has 0 unspecified atom stereocenters. The predicted molar refractivity (Wildman–Crippen MR) is 78.8 cm³/mol. The molecule has 110 valence electrons. The summed E-state index contributed by atoms with van der Waals surface area (Å²) in [7, 11) is 2.07. The molecule has 0 aliphatic carbocycles. The normalized spacial score (nSPS) is 16.5. The van der Waals surface area contributed by atoms with Crippen LogP contribution in [-0.2, 0) is 0 Å². The molecule has 0 bridgehead atoms. The van der Waals surface area contributed by atoms with Crippen LogP contribution in [0, 0.1) is 5.92 Å². The number of carbonyl (C=O) groups is 1. The Morgan fingerprint density at radius 1 is 1.25 bits per heavy atom. The van der Waals surface area contributed by atoms with Gasteiger partial charge >= 0.3 is 0 Å². The standard InChI is InChI=1S/C14H23N5O/c1-11(2)10-15-13-5-4-12(16-17-13)14(20)19-8-6-18(3)7-9-19/h4-5,11H,6-10H2,1-3H3,(H,15,17). The van der Waals surface area contributed by atoms with E-state index in [0.29, 0.717) is 17.4 Å². The minimum absolute atomic E-state index is 0.0268. The quantitative estimate of drug-likeness (QED) is 0.887. The topological polar surface area (TPSA) is 61.4 Å². The molecule has 2 heterocycles. The minimum atomic E-state index is -0.0268. The molecule has 6 nitrogen and oxygen atoms in total. The lowest BCUT2D eigenvalue weighted by molar-refractivity contribution is 0.0657. The van der Waals surface area contributed by atoms with Crippen LogP contribution in [0.25, 0.3) is 0 Å². The van der Waals surface area contributed by atoms with Gasteiger partial charge in [0.05, 0.1) is 0 Å². The Labute approximate surface area is 120 Å². The third-order valence-corrected chi connectivity index (χ3v) is 3.37. The molecule has 1 N–H and O–H groups in total. The molecule has 1 saturated heterocycles. The van der Waals surface area contributed by atoms with Gasteiger partial charge in [0.1, 0.15) is 5.82 Å². The fourth-order valence-electron chi connectivity index (χ4n) is 2.02. The molecule has 6 heteroatoms. The second kappa shape index (κ2) is 6.65. The van der Waals surface area contributed by atoms with Crippen molar-refractivity contribution in [1.82, 2.24) is 20.0 Å². The van der Waals surface area contributed by atoms with E-state index in [-0.39, 0.29) is 5.91 Å². The number of rotatable bonds is 4. The van der Waals surface area contributed by atoms with Crippen molar-refractivity contribution in [2.45, 2.75) is 13.8 Å². The average molecular weight is 277 g/mol. The summed E-state index contributed by atoms with van der Waals surface area (Å²) in [5, 5.41) is 11.3. The van der Waals surface area contributed by atoms with Crippen molar-refractivity contribution >= 4 is 11.7 Å². The molecule has 0 saturated carbocycles. The molecule has 1 aromatic rings. The smallest absolute Gasteiger partial charge is 0.274 e. The van der Waals surface area contributed by atoms with E-state index in [2.05, 4.69) is 41.3 Å². The summed E-state index contributed by atoms with van der Waals surface area (Å²) < 4.78 is 0. The van der Waals surface area contributed by atoms with E-state index in [1.54, 1.807) is 6.07 Å². The average Bonchev–Trinajstić information content (AvgIpc) is 2.46. The lowest BCUT2D eigenvalue weighted by atomic mass is 10.2. The number of carbonyl (C=O) groups excluding carboxylic acids is 1. The molecular weight excluding hydrogens is 254 g/mol. The zero-order valence-corrected chi connectivity index (χ0v) is 12.5. The van der Waals surface area contributed by atoms with Crippen molar-refractivity contribution in [3.05, 3.63) is 17.8 Å². The molecule has 1 fully saturated rings. The fourth-order valence-corrected chi connectivity index (χ4v) is 2.02. The second-order valence-corrected chi connectivity index (χ2v) is 5.67. The number of hydrogen-bond donors (Lipinski definition) is 1. The van der Waals surface area contributed by atoms with Crippen molar-refractivity contribution in [1.29, 1.82) is 0 Å². The number of likely N-dealkylation sites (N-methyl/N-ethyl adjacent to an activating group) is 1. The SMILES string of the molecule is CC(C)CNc1ccc(C(=O)N2CCN(C)CC2)nn1. The van der Waals surface area contributed by atoms with E-state index in [9.17, 15) is 4.79 Å². The molecule has 1 aliphatic rings. The third kappa shape index (κ3) is 3.90. The minimum Gasteiger partial charge on any atom is -0.368 e. The molecule has 0 aromatic carbocycles. The van der Waals surface area contributed by atoms with E-state index >= 15 is 0 Å². The molecule has 0 radical (unpaired) electrons. The van der Waals surface area contributed by atoms with Crippen LogP contribution >= 0.6 is 0 Å². The summed E-state index contributed by atoms with van der Waals surface area (Å²) in [6.45, 7) is 8.44. The maximum atomic E-state index is 12.3. The van der Waals surface area contributed by atoms with Crippen LogP contribution in [0.5, 0.6) is 0 Å². The Bertz CT molecular complexity index is 437. The molecule has 1 aromatic heterocycles. The molecule has 1 aliphatic heterocycles. The number of aromatic nitrogens is 2. The van der Waals surface area contributed by atoms with Gasteiger partial charge in [-0.25, -0.2) is 0 Å². The van der Waals surface area contributed by atoms with Crippen LogP contribution in [0.2, 0.25) is 0 Å². The fraction of sp³-hybridized carbons (Fsp3) is 0.643. The highest BCUT2D eigenvalue weighted by Gasteiger charge is 2.21. The largest absolute Gasteiger partial charge is 0.368 e. The number of nitrogens with one attached hydrogen (secondary N) is 1. The third-order valence-electron chi connectivity index (χ3n) is 3.37. The van der Waals surface area contributed by atoms with Crippen LogP contribution in [0.3, 0.4) is 0 Å². The predicted octanol–water partition coefficient (Wildman–Crippen LogP) is 0.932. The van der Waals surface area contributed by atoms with Crippen molar-refractivity contribution in [3.8, 4) is 0 Å². The first kappa shape index (κ1) is 14.7. The summed E-state index contributed by atoms with van der Waals surface area (Å²) in [4.78, 5) is 16.3. The number of hydrogen-bond acceptors (Lipinski definition) is 5. The van der Waals surface area contributed by atoms with Crippen LogP contribution in [0.4, 0.5) is 5.82 Å². The summed E-state index contributed by atoms with van der Waals surface area (Å²) in [5.74, 6) is 1.23. The zero-order valence-electron chi connectivity index (χ0n) is 12.5. The monoisotopic (exact) mass is 277 g/mol. The maximum Gasteiger partial charge on any atom is 0.274 e. The summed E-state index contributed by atoms with van der Waals surface area (Å²) in [6.07, 6.45) is 0. The highest BCUT2D eigenvalue weighted by molar-refractivity contribution is 5.92. The summed E-state index contributed by atoms with van der Waals surface area (Å²) in [6, 6.07) is 3.56. The second-order valence-electron chi connectivity index (χ2n) is 5.67. The number of amides is 1. The van der Waals surface area contributed by atoms with Gasteiger partial charge in [0.25, 0.3) is 5.91 Å². The van der Waals surface area contributed by atoms with E-state index < -0.39 is 0 Å². The van der Waals surface area contributed by atoms with Gasteiger partial charge in [-0.3, -0.25) is 4.79 Å². The van der Waals surface area contributed by atoms with E-state index in [0.717, 1.165) is 32.7 Å². The number of anilines is 1. The summed E-state index contributed by atoms with van der Waals surface area (Å²) >= 11 is 0. The van der Waals surface area contributed by atoms with Crippen LogP contribution < -0.4 is 5.32 Å².